The predicted octanol–water partition coefficient (Wildman–Crippen LogP) is 7.24. The smallest absolute Gasteiger partial charge is 0.330 e. The Hall–Kier alpha value is -2.59. The maximum Gasteiger partial charge on any atom is 0.330 e. The van der Waals surface area contributed by atoms with Crippen molar-refractivity contribution < 1.29 is 19.4 Å². The van der Waals surface area contributed by atoms with Crippen LogP contribution < -0.4 is 4.74 Å². The first-order valence-corrected chi connectivity index (χ1v) is 13.9. The molecule has 4 heteroatoms. The van der Waals surface area contributed by atoms with Gasteiger partial charge in [0, 0.05) is 6.08 Å². The Morgan fingerprint density at radius 3 is 2.28 bits per heavy atom. The molecule has 2 aromatic carbocycles. The maximum absolute atomic E-state index is 11.3. The summed E-state index contributed by atoms with van der Waals surface area (Å²) in [6.07, 6.45) is 15.3. The van der Waals surface area contributed by atoms with Crippen molar-refractivity contribution in [3.8, 4) is 16.9 Å². The Balaban J connectivity index is 1.38. The summed E-state index contributed by atoms with van der Waals surface area (Å²) in [4.78, 5) is 11.3. The van der Waals surface area contributed by atoms with Gasteiger partial charge in [0.1, 0.15) is 12.4 Å². The molecule has 0 heterocycles. The Morgan fingerprint density at radius 1 is 0.889 bits per heavy atom. The Labute approximate surface area is 216 Å². The van der Waals surface area contributed by atoms with Crippen molar-refractivity contribution in [1.82, 2.24) is 0 Å². The van der Waals surface area contributed by atoms with Gasteiger partial charge in [0.25, 0.3) is 0 Å². The van der Waals surface area contributed by atoms with Crippen LogP contribution in [0.25, 0.3) is 11.1 Å². The lowest BCUT2D eigenvalue weighted by Gasteiger charge is -2.36. The van der Waals surface area contributed by atoms with Crippen LogP contribution in [0.3, 0.4) is 0 Å². The Morgan fingerprint density at radius 2 is 1.58 bits per heavy atom. The molecule has 0 radical (unpaired) electrons. The molecule has 0 aromatic heterocycles. The van der Waals surface area contributed by atoms with E-state index in [0.717, 1.165) is 35.1 Å². The summed E-state index contributed by atoms with van der Waals surface area (Å²) < 4.78 is 10.9. The number of benzene rings is 2. The lowest BCUT2D eigenvalue weighted by molar-refractivity contribution is -0.137. The van der Waals surface area contributed by atoms with E-state index in [2.05, 4.69) is 43.0 Å². The number of carbonyl (C=O) groups excluding carboxylic acids is 1. The number of aliphatic hydroxyl groups is 1. The molecular weight excluding hydrogens is 448 g/mol. The van der Waals surface area contributed by atoms with Gasteiger partial charge < -0.3 is 14.6 Å². The fourth-order valence-electron chi connectivity index (χ4n) is 6.22. The quantitative estimate of drug-likeness (QED) is 0.205. The van der Waals surface area contributed by atoms with Crippen molar-refractivity contribution >= 4 is 5.97 Å². The number of hydrogen-bond donors (Lipinski definition) is 1. The van der Waals surface area contributed by atoms with Crippen molar-refractivity contribution in [1.29, 1.82) is 0 Å². The summed E-state index contributed by atoms with van der Waals surface area (Å²) in [6.45, 7) is 4.00. The summed E-state index contributed by atoms with van der Waals surface area (Å²) in [6, 6.07) is 15.4. The first-order chi connectivity index (χ1) is 17.7. The molecule has 0 unspecified atom stereocenters. The molecule has 194 valence electrons. The van der Waals surface area contributed by atoms with Crippen LogP contribution in [0, 0.1) is 11.8 Å². The molecule has 2 aromatic rings. The molecular formula is C32H42O4. The molecule has 2 aliphatic rings. The van der Waals surface area contributed by atoms with E-state index >= 15 is 0 Å². The molecule has 2 aliphatic carbocycles. The minimum atomic E-state index is -0.400. The van der Waals surface area contributed by atoms with E-state index in [-0.39, 0.29) is 13.2 Å². The third-order valence-corrected chi connectivity index (χ3v) is 8.21. The Kier molecular flexibility index (Phi) is 10.0. The van der Waals surface area contributed by atoms with Gasteiger partial charge in [0.05, 0.1) is 13.2 Å². The molecule has 0 spiro atoms. The van der Waals surface area contributed by atoms with Crippen molar-refractivity contribution in [3.05, 3.63) is 66.2 Å². The van der Waals surface area contributed by atoms with Gasteiger partial charge in [-0.3, -0.25) is 0 Å². The van der Waals surface area contributed by atoms with Crippen LogP contribution in [0.2, 0.25) is 0 Å². The van der Waals surface area contributed by atoms with Crippen molar-refractivity contribution in [3.63, 3.8) is 0 Å². The van der Waals surface area contributed by atoms with E-state index in [0.29, 0.717) is 18.9 Å². The van der Waals surface area contributed by atoms with Gasteiger partial charge >= 0.3 is 5.97 Å². The number of ether oxygens (including phenoxy) is 2. The van der Waals surface area contributed by atoms with Gasteiger partial charge in [0.2, 0.25) is 0 Å². The van der Waals surface area contributed by atoms with Crippen LogP contribution in [-0.2, 0) is 16.0 Å². The van der Waals surface area contributed by atoms with Crippen LogP contribution in [0.5, 0.6) is 5.75 Å². The Bertz CT molecular complexity index is 966. The summed E-state index contributed by atoms with van der Waals surface area (Å²) >= 11 is 0. The van der Waals surface area contributed by atoms with Crippen LogP contribution >= 0.6 is 0 Å². The van der Waals surface area contributed by atoms with Gasteiger partial charge in [0.15, 0.2) is 0 Å². The van der Waals surface area contributed by atoms with Crippen LogP contribution in [0.4, 0.5) is 0 Å². The summed E-state index contributed by atoms with van der Waals surface area (Å²) in [7, 11) is 0. The molecule has 0 aliphatic heterocycles. The standard InChI is InChI=1S/C32H42O4/c1-2-32(34)36-21-6-9-30-23-29(18-19-31(30)35-22-20-33)28-16-14-27(15-17-28)26-12-10-25(11-13-26)24-7-4-3-5-8-24/h2,14-19,23-26,33H,1,3-13,20-22H2. The maximum atomic E-state index is 11.3. The van der Waals surface area contributed by atoms with Gasteiger partial charge in [-0.15, -0.1) is 0 Å². The molecule has 4 nitrogen and oxygen atoms in total. The number of aliphatic hydroxyl groups excluding tert-OH is 1. The number of aryl methyl sites for hydroxylation is 1. The van der Waals surface area contributed by atoms with Crippen molar-refractivity contribution in [2.75, 3.05) is 19.8 Å². The molecule has 4 rings (SSSR count). The van der Waals surface area contributed by atoms with E-state index in [4.69, 9.17) is 9.47 Å². The number of esters is 1. The first kappa shape index (κ1) is 26.5. The van der Waals surface area contributed by atoms with Gasteiger partial charge in [-0.1, -0.05) is 69.0 Å². The minimum absolute atomic E-state index is 0.0256. The lowest BCUT2D eigenvalue weighted by atomic mass is 9.70. The number of hydrogen-bond acceptors (Lipinski definition) is 4. The third kappa shape index (κ3) is 7.22. The van der Waals surface area contributed by atoms with Crippen LogP contribution in [-0.4, -0.2) is 30.9 Å². The zero-order valence-corrected chi connectivity index (χ0v) is 21.6. The highest BCUT2D eigenvalue weighted by atomic mass is 16.5. The third-order valence-electron chi connectivity index (χ3n) is 8.21. The first-order valence-electron chi connectivity index (χ1n) is 13.9. The predicted molar refractivity (Wildman–Crippen MR) is 145 cm³/mol. The van der Waals surface area contributed by atoms with E-state index in [9.17, 15) is 9.90 Å². The molecule has 0 amide bonds. The SMILES string of the molecule is C=CC(=O)OCCCc1cc(-c2ccc(C3CCC(C4CCCCC4)CC3)cc2)ccc1OCCO. The number of carbonyl (C=O) groups is 1. The second-order valence-electron chi connectivity index (χ2n) is 10.5. The molecule has 2 fully saturated rings. The zero-order chi connectivity index (χ0) is 25.2. The highest BCUT2D eigenvalue weighted by molar-refractivity contribution is 5.81. The van der Waals surface area contributed by atoms with E-state index < -0.39 is 5.97 Å². The topological polar surface area (TPSA) is 55.8 Å². The molecule has 36 heavy (non-hydrogen) atoms. The van der Waals surface area contributed by atoms with E-state index in [1.54, 1.807) is 0 Å². The second kappa shape index (κ2) is 13.6. The van der Waals surface area contributed by atoms with Gasteiger partial charge in [-0.2, -0.15) is 0 Å². The average Bonchev–Trinajstić information content (AvgIpc) is 2.95. The summed E-state index contributed by atoms with van der Waals surface area (Å²) in [5.41, 5.74) is 4.88. The van der Waals surface area contributed by atoms with Crippen molar-refractivity contribution in [2.24, 2.45) is 11.8 Å². The fourth-order valence-corrected chi connectivity index (χ4v) is 6.22. The minimum Gasteiger partial charge on any atom is -0.491 e. The molecule has 0 atom stereocenters. The van der Waals surface area contributed by atoms with E-state index in [1.165, 1.54) is 75.0 Å². The summed E-state index contributed by atoms with van der Waals surface area (Å²) in [5, 5.41) is 9.18. The lowest BCUT2D eigenvalue weighted by Crippen LogP contribution is -2.23. The molecule has 2 saturated carbocycles. The molecule has 0 saturated heterocycles. The monoisotopic (exact) mass is 490 g/mol. The normalized spacial score (nSPS) is 20.6. The fraction of sp³-hybridized carbons (Fsp3) is 0.531. The highest BCUT2D eigenvalue weighted by Crippen LogP contribution is 2.43. The second-order valence-corrected chi connectivity index (χ2v) is 10.5. The molecule has 1 N–H and O–H groups in total. The highest BCUT2D eigenvalue weighted by Gasteiger charge is 2.29. The average molecular weight is 491 g/mol. The molecule has 0 bridgehead atoms. The van der Waals surface area contributed by atoms with Crippen LogP contribution in [0.15, 0.2) is 55.1 Å². The van der Waals surface area contributed by atoms with Crippen molar-refractivity contribution in [2.45, 2.75) is 76.5 Å². The summed E-state index contributed by atoms with van der Waals surface area (Å²) in [5.74, 6) is 3.03. The van der Waals surface area contributed by atoms with Gasteiger partial charge in [-0.25, -0.2) is 4.79 Å². The largest absolute Gasteiger partial charge is 0.491 e. The van der Waals surface area contributed by atoms with E-state index in [1.807, 2.05) is 6.07 Å². The zero-order valence-electron chi connectivity index (χ0n) is 21.6. The number of rotatable bonds is 11. The van der Waals surface area contributed by atoms with Crippen LogP contribution in [0.1, 0.15) is 81.3 Å². The van der Waals surface area contributed by atoms with Gasteiger partial charge in [-0.05, 0) is 90.7 Å².